The summed E-state index contributed by atoms with van der Waals surface area (Å²) in [4.78, 5) is 37.0. The van der Waals surface area contributed by atoms with Crippen molar-refractivity contribution in [3.05, 3.63) is 42.5 Å². The van der Waals surface area contributed by atoms with E-state index in [0.717, 1.165) is 11.3 Å². The molecule has 0 spiro atoms. The molecule has 0 saturated heterocycles. The Morgan fingerprint density at radius 3 is 2.84 bits per heavy atom. The highest BCUT2D eigenvalue weighted by atomic mass is 16.5. The first-order chi connectivity index (χ1) is 12.0. The van der Waals surface area contributed by atoms with Crippen molar-refractivity contribution in [1.29, 1.82) is 0 Å². The summed E-state index contributed by atoms with van der Waals surface area (Å²) < 4.78 is 5.09. The van der Waals surface area contributed by atoms with Gasteiger partial charge in [0.2, 0.25) is 11.8 Å². The molecule has 2 amide bonds. The van der Waals surface area contributed by atoms with Gasteiger partial charge in [0, 0.05) is 25.1 Å². The van der Waals surface area contributed by atoms with Crippen molar-refractivity contribution in [2.24, 2.45) is 0 Å². The molecule has 0 saturated carbocycles. The number of carbonyl (C=O) groups excluding carboxylic acids is 2. The van der Waals surface area contributed by atoms with Crippen LogP contribution in [-0.4, -0.2) is 48.7 Å². The fraction of sp³-hybridized carbons (Fsp3) is 0.389. The largest absolute Gasteiger partial charge is 0.480 e. The first-order valence-electron chi connectivity index (χ1n) is 8.12. The summed E-state index contributed by atoms with van der Waals surface area (Å²) >= 11 is 0. The Bertz CT molecular complexity index is 659. The molecule has 0 aromatic heterocycles. The second kappa shape index (κ2) is 8.98. The van der Waals surface area contributed by atoms with E-state index < -0.39 is 17.9 Å². The number of para-hydroxylation sites is 1. The lowest BCUT2D eigenvalue weighted by molar-refractivity contribution is -0.143. The lowest BCUT2D eigenvalue weighted by atomic mass is 10.0. The van der Waals surface area contributed by atoms with E-state index in [0.29, 0.717) is 12.8 Å². The molecule has 1 aromatic carbocycles. The molecule has 1 unspecified atom stereocenters. The van der Waals surface area contributed by atoms with E-state index in [1.807, 2.05) is 24.3 Å². The molecule has 0 bridgehead atoms. The van der Waals surface area contributed by atoms with Crippen molar-refractivity contribution >= 4 is 23.5 Å². The minimum absolute atomic E-state index is 0.0192. The van der Waals surface area contributed by atoms with E-state index in [1.165, 1.54) is 6.08 Å². The van der Waals surface area contributed by atoms with Crippen LogP contribution in [0.1, 0.15) is 18.4 Å². The first-order valence-corrected chi connectivity index (χ1v) is 8.12. The molecule has 1 atom stereocenters. The third-order valence-corrected chi connectivity index (χ3v) is 3.91. The van der Waals surface area contributed by atoms with E-state index in [9.17, 15) is 14.4 Å². The lowest BCUT2D eigenvalue weighted by Gasteiger charge is -2.29. The SMILES string of the molecule is C=CCOCC(NC(=O)CCN1C(=O)CCc2ccccc21)C(=O)O. The molecule has 7 heteroatoms. The van der Waals surface area contributed by atoms with E-state index in [-0.39, 0.29) is 32.1 Å². The normalized spacial score (nSPS) is 14.6. The van der Waals surface area contributed by atoms with Crippen LogP contribution in [0.15, 0.2) is 36.9 Å². The number of carboxylic acid groups (broad SMARTS) is 1. The van der Waals surface area contributed by atoms with E-state index in [1.54, 1.807) is 4.90 Å². The van der Waals surface area contributed by atoms with Crippen molar-refractivity contribution in [3.8, 4) is 0 Å². The highest BCUT2D eigenvalue weighted by Crippen LogP contribution is 2.27. The summed E-state index contributed by atoms with van der Waals surface area (Å²) in [5.74, 6) is -1.64. The van der Waals surface area contributed by atoms with Crippen LogP contribution in [0.2, 0.25) is 0 Å². The number of nitrogens with zero attached hydrogens (tertiary/aromatic N) is 1. The summed E-state index contributed by atoms with van der Waals surface area (Å²) in [6.07, 6.45) is 2.62. The van der Waals surface area contributed by atoms with Gasteiger partial charge >= 0.3 is 5.97 Å². The van der Waals surface area contributed by atoms with Crippen LogP contribution >= 0.6 is 0 Å². The number of fused-ring (bicyclic) bond motifs is 1. The number of carboxylic acids is 1. The molecule has 134 valence electrons. The van der Waals surface area contributed by atoms with Gasteiger partial charge in [-0.05, 0) is 18.1 Å². The third kappa shape index (κ3) is 5.15. The molecule has 2 rings (SSSR count). The van der Waals surface area contributed by atoms with Crippen molar-refractivity contribution in [1.82, 2.24) is 5.32 Å². The van der Waals surface area contributed by atoms with Crippen LogP contribution < -0.4 is 10.2 Å². The number of benzene rings is 1. The molecular formula is C18H22N2O5. The Balaban J connectivity index is 1.91. The zero-order chi connectivity index (χ0) is 18.2. The Morgan fingerprint density at radius 1 is 1.36 bits per heavy atom. The van der Waals surface area contributed by atoms with Gasteiger partial charge in [0.25, 0.3) is 0 Å². The van der Waals surface area contributed by atoms with Crippen LogP contribution in [0.25, 0.3) is 0 Å². The Morgan fingerprint density at radius 2 is 2.12 bits per heavy atom. The molecule has 0 fully saturated rings. The molecule has 1 aliphatic heterocycles. The number of aliphatic carboxylic acids is 1. The van der Waals surface area contributed by atoms with E-state index in [4.69, 9.17) is 9.84 Å². The minimum atomic E-state index is -1.17. The second-order valence-corrected chi connectivity index (χ2v) is 5.71. The maximum atomic E-state index is 12.1. The monoisotopic (exact) mass is 346 g/mol. The summed E-state index contributed by atoms with van der Waals surface area (Å²) in [6, 6.07) is 6.46. The fourth-order valence-electron chi connectivity index (χ4n) is 2.67. The fourth-order valence-corrected chi connectivity index (χ4v) is 2.67. The zero-order valence-electron chi connectivity index (χ0n) is 13.9. The summed E-state index contributed by atoms with van der Waals surface area (Å²) in [6.45, 7) is 3.75. The second-order valence-electron chi connectivity index (χ2n) is 5.71. The van der Waals surface area contributed by atoms with Gasteiger partial charge in [0.05, 0.1) is 13.2 Å². The third-order valence-electron chi connectivity index (χ3n) is 3.91. The van der Waals surface area contributed by atoms with Gasteiger partial charge in [-0.1, -0.05) is 24.3 Å². The number of hydrogen-bond donors (Lipinski definition) is 2. The predicted octanol–water partition coefficient (Wildman–Crippen LogP) is 1.13. The molecule has 7 nitrogen and oxygen atoms in total. The maximum Gasteiger partial charge on any atom is 0.328 e. The standard InChI is InChI=1S/C18H22N2O5/c1-2-11-25-12-14(18(23)24)19-16(21)9-10-20-15-6-4-3-5-13(15)7-8-17(20)22/h2-6,14H,1,7-12H2,(H,19,21)(H,23,24). The molecule has 1 aromatic rings. The Hall–Kier alpha value is -2.67. The van der Waals surface area contributed by atoms with Crippen molar-refractivity contribution in [3.63, 3.8) is 0 Å². The first kappa shape index (κ1) is 18.7. The molecule has 0 aliphatic carbocycles. The average molecular weight is 346 g/mol. The van der Waals surface area contributed by atoms with E-state index in [2.05, 4.69) is 11.9 Å². The Labute approximate surface area is 146 Å². The van der Waals surface area contributed by atoms with Gasteiger partial charge < -0.3 is 20.1 Å². The smallest absolute Gasteiger partial charge is 0.328 e. The topological polar surface area (TPSA) is 95.9 Å². The highest BCUT2D eigenvalue weighted by molar-refractivity contribution is 5.97. The van der Waals surface area contributed by atoms with E-state index >= 15 is 0 Å². The van der Waals surface area contributed by atoms with Crippen LogP contribution in [0.5, 0.6) is 0 Å². The van der Waals surface area contributed by atoms with Gasteiger partial charge in [0.1, 0.15) is 0 Å². The lowest BCUT2D eigenvalue weighted by Crippen LogP contribution is -2.45. The number of hydrogen-bond acceptors (Lipinski definition) is 4. The summed E-state index contributed by atoms with van der Waals surface area (Å²) in [7, 11) is 0. The van der Waals surface area contributed by atoms with Crippen LogP contribution in [0.4, 0.5) is 5.69 Å². The van der Waals surface area contributed by atoms with Gasteiger partial charge in [0.15, 0.2) is 6.04 Å². The highest BCUT2D eigenvalue weighted by Gasteiger charge is 2.25. The van der Waals surface area contributed by atoms with Crippen molar-refractivity contribution in [2.45, 2.75) is 25.3 Å². The predicted molar refractivity (Wildman–Crippen MR) is 92.3 cm³/mol. The van der Waals surface area contributed by atoms with Crippen molar-refractivity contribution in [2.75, 3.05) is 24.7 Å². The minimum Gasteiger partial charge on any atom is -0.480 e. The number of aryl methyl sites for hydroxylation is 1. The summed E-state index contributed by atoms with van der Waals surface area (Å²) in [5.41, 5.74) is 1.89. The number of amides is 2. The molecular weight excluding hydrogens is 324 g/mol. The molecule has 0 radical (unpaired) electrons. The van der Waals surface area contributed by atoms with Crippen molar-refractivity contribution < 1.29 is 24.2 Å². The molecule has 2 N–H and O–H groups in total. The molecule has 1 heterocycles. The quantitative estimate of drug-likeness (QED) is 0.516. The molecule has 1 aliphatic rings. The van der Waals surface area contributed by atoms with Crippen LogP contribution in [0, 0.1) is 0 Å². The van der Waals surface area contributed by atoms with Gasteiger partial charge in [-0.25, -0.2) is 4.79 Å². The maximum absolute atomic E-state index is 12.1. The summed E-state index contributed by atoms with van der Waals surface area (Å²) in [5, 5.41) is 11.5. The van der Waals surface area contributed by atoms with Gasteiger partial charge in [-0.3, -0.25) is 9.59 Å². The zero-order valence-corrected chi connectivity index (χ0v) is 13.9. The Kier molecular flexibility index (Phi) is 6.71. The average Bonchev–Trinajstić information content (AvgIpc) is 2.60. The number of ether oxygens (including phenoxy) is 1. The number of nitrogens with one attached hydrogen (secondary N) is 1. The van der Waals surface area contributed by atoms with Crippen LogP contribution in [-0.2, 0) is 25.5 Å². The van der Waals surface area contributed by atoms with Crippen LogP contribution in [0.3, 0.4) is 0 Å². The number of carbonyl (C=O) groups is 3. The number of anilines is 1. The van der Waals surface area contributed by atoms with Gasteiger partial charge in [-0.2, -0.15) is 0 Å². The van der Waals surface area contributed by atoms with Gasteiger partial charge in [-0.15, -0.1) is 6.58 Å². The number of rotatable bonds is 9. The molecule has 25 heavy (non-hydrogen) atoms.